The van der Waals surface area contributed by atoms with E-state index in [1.54, 1.807) is 19.2 Å². The van der Waals surface area contributed by atoms with Crippen molar-refractivity contribution in [1.29, 1.82) is 0 Å². The van der Waals surface area contributed by atoms with E-state index in [4.69, 9.17) is 26.4 Å². The number of ether oxygens (including phenoxy) is 3. The summed E-state index contributed by atoms with van der Waals surface area (Å²) in [6, 6.07) is 11.0. The number of hydrogen-bond donors (Lipinski definition) is 0. The second-order valence-corrected chi connectivity index (χ2v) is 8.86. The molecule has 2 aromatic carbocycles. The lowest BCUT2D eigenvalue weighted by Gasteiger charge is -2.15. The number of nitrogens with zero attached hydrogens (tertiary/aromatic N) is 1. The summed E-state index contributed by atoms with van der Waals surface area (Å²) in [4.78, 5) is 15.1. The fraction of sp³-hybridized carbons (Fsp3) is 0.273. The first kappa shape index (κ1) is 22.7. The van der Waals surface area contributed by atoms with Gasteiger partial charge in [-0.25, -0.2) is 0 Å². The molecule has 0 N–H and O–H groups in total. The average Bonchev–Trinajstić information content (AvgIpc) is 3.00. The monoisotopic (exact) mass is 507 g/mol. The third-order valence-corrected chi connectivity index (χ3v) is 6.10. The number of carbonyl (C=O) groups is 1. The second-order valence-electron chi connectivity index (χ2n) is 6.33. The van der Waals surface area contributed by atoms with Crippen molar-refractivity contribution in [2.75, 3.05) is 25.2 Å². The molecule has 1 heterocycles. The summed E-state index contributed by atoms with van der Waals surface area (Å²) >= 11 is 10.3. The molecule has 1 saturated heterocycles. The van der Waals surface area contributed by atoms with Gasteiger partial charge in [0.2, 0.25) is 0 Å². The van der Waals surface area contributed by atoms with Gasteiger partial charge in [0.25, 0.3) is 5.91 Å². The van der Waals surface area contributed by atoms with Crippen molar-refractivity contribution in [2.45, 2.75) is 20.3 Å². The SMILES string of the molecule is CCCOc1c(Br)cc(/C=C2/SC(=S)N(c3ccc(OC)cc3)C2=O)cc1OCC. The number of rotatable bonds is 8. The van der Waals surface area contributed by atoms with Gasteiger partial charge in [-0.3, -0.25) is 9.69 Å². The molecule has 158 valence electrons. The third kappa shape index (κ3) is 4.99. The van der Waals surface area contributed by atoms with Crippen LogP contribution in [0.25, 0.3) is 6.08 Å². The summed E-state index contributed by atoms with van der Waals surface area (Å²) in [5.41, 5.74) is 1.53. The van der Waals surface area contributed by atoms with E-state index >= 15 is 0 Å². The minimum atomic E-state index is -0.157. The quantitative estimate of drug-likeness (QED) is 0.320. The Morgan fingerprint density at radius 2 is 1.90 bits per heavy atom. The van der Waals surface area contributed by atoms with E-state index in [2.05, 4.69) is 15.9 Å². The van der Waals surface area contributed by atoms with Gasteiger partial charge in [0.1, 0.15) is 5.75 Å². The maximum Gasteiger partial charge on any atom is 0.270 e. The van der Waals surface area contributed by atoms with Crippen LogP contribution in [0.1, 0.15) is 25.8 Å². The number of halogens is 1. The maximum atomic E-state index is 13.0. The molecular weight excluding hydrogens is 486 g/mol. The number of carbonyl (C=O) groups excluding carboxylic acids is 1. The van der Waals surface area contributed by atoms with E-state index in [9.17, 15) is 4.79 Å². The molecule has 30 heavy (non-hydrogen) atoms. The van der Waals surface area contributed by atoms with Crippen LogP contribution in [0, 0.1) is 0 Å². The van der Waals surface area contributed by atoms with E-state index in [1.807, 2.05) is 44.2 Å². The van der Waals surface area contributed by atoms with Crippen molar-refractivity contribution < 1.29 is 19.0 Å². The Morgan fingerprint density at radius 1 is 1.17 bits per heavy atom. The maximum absolute atomic E-state index is 13.0. The molecule has 8 heteroatoms. The summed E-state index contributed by atoms with van der Waals surface area (Å²) in [6.07, 6.45) is 2.72. The van der Waals surface area contributed by atoms with Crippen molar-refractivity contribution >= 4 is 61.9 Å². The lowest BCUT2D eigenvalue weighted by atomic mass is 10.1. The minimum absolute atomic E-state index is 0.157. The molecule has 0 unspecified atom stereocenters. The van der Waals surface area contributed by atoms with Gasteiger partial charge in [0.15, 0.2) is 15.8 Å². The zero-order valence-electron chi connectivity index (χ0n) is 16.9. The molecule has 1 aliphatic heterocycles. The second kappa shape index (κ2) is 10.3. The van der Waals surface area contributed by atoms with Gasteiger partial charge in [-0.05, 0) is 77.3 Å². The lowest BCUT2D eigenvalue weighted by molar-refractivity contribution is -0.113. The topological polar surface area (TPSA) is 48.0 Å². The Bertz CT molecular complexity index is 976. The average molecular weight is 508 g/mol. The zero-order valence-corrected chi connectivity index (χ0v) is 20.2. The molecule has 0 spiro atoms. The van der Waals surface area contributed by atoms with Gasteiger partial charge < -0.3 is 14.2 Å². The molecular formula is C22H22BrNO4S2. The number of thioether (sulfide) groups is 1. The molecule has 0 bridgehead atoms. The van der Waals surface area contributed by atoms with Crippen LogP contribution >= 0.6 is 39.9 Å². The van der Waals surface area contributed by atoms with Crippen LogP contribution in [-0.4, -0.2) is 30.6 Å². The summed E-state index contributed by atoms with van der Waals surface area (Å²) < 4.78 is 18.0. The van der Waals surface area contributed by atoms with Crippen LogP contribution in [-0.2, 0) is 4.79 Å². The van der Waals surface area contributed by atoms with E-state index < -0.39 is 0 Å². The molecule has 1 fully saturated rings. The summed E-state index contributed by atoms with van der Waals surface area (Å²) in [6.45, 7) is 5.08. The third-order valence-electron chi connectivity index (χ3n) is 4.20. The molecule has 5 nitrogen and oxygen atoms in total. The highest BCUT2D eigenvalue weighted by Gasteiger charge is 2.33. The van der Waals surface area contributed by atoms with Crippen LogP contribution in [0.3, 0.4) is 0 Å². The molecule has 0 atom stereocenters. The summed E-state index contributed by atoms with van der Waals surface area (Å²) in [7, 11) is 1.60. The van der Waals surface area contributed by atoms with Crippen molar-refractivity contribution in [2.24, 2.45) is 0 Å². The number of anilines is 1. The van der Waals surface area contributed by atoms with Gasteiger partial charge in [-0.15, -0.1) is 0 Å². The molecule has 0 aliphatic carbocycles. The highest BCUT2D eigenvalue weighted by molar-refractivity contribution is 9.10. The number of methoxy groups -OCH3 is 1. The summed E-state index contributed by atoms with van der Waals surface area (Å²) in [5, 5.41) is 0. The first-order valence-electron chi connectivity index (χ1n) is 9.49. The van der Waals surface area contributed by atoms with Crippen molar-refractivity contribution in [3.63, 3.8) is 0 Å². The molecule has 0 aromatic heterocycles. The molecule has 0 saturated carbocycles. The van der Waals surface area contributed by atoms with Crippen LogP contribution in [0.15, 0.2) is 45.8 Å². The van der Waals surface area contributed by atoms with Crippen molar-refractivity contribution in [3.05, 3.63) is 51.3 Å². The highest BCUT2D eigenvalue weighted by Crippen LogP contribution is 2.40. The number of thiocarbonyl (C=S) groups is 1. The van der Waals surface area contributed by atoms with Crippen molar-refractivity contribution in [3.8, 4) is 17.2 Å². The van der Waals surface area contributed by atoms with Crippen LogP contribution in [0.2, 0.25) is 0 Å². The number of amides is 1. The van der Waals surface area contributed by atoms with Gasteiger partial charge in [0.05, 0.1) is 35.4 Å². The van der Waals surface area contributed by atoms with Gasteiger partial charge in [-0.1, -0.05) is 30.9 Å². The largest absolute Gasteiger partial charge is 0.497 e. The Kier molecular flexibility index (Phi) is 7.80. The minimum Gasteiger partial charge on any atom is -0.497 e. The molecule has 0 radical (unpaired) electrons. The lowest BCUT2D eigenvalue weighted by Crippen LogP contribution is -2.27. The first-order valence-corrected chi connectivity index (χ1v) is 11.5. The Balaban J connectivity index is 1.90. The van der Waals surface area contributed by atoms with E-state index in [0.29, 0.717) is 39.6 Å². The van der Waals surface area contributed by atoms with E-state index in [1.165, 1.54) is 16.7 Å². The smallest absolute Gasteiger partial charge is 0.270 e. The standard InChI is InChI=1S/C22H22BrNO4S2/c1-4-10-28-20-17(23)11-14(12-18(20)27-5-2)13-19-21(25)24(22(29)30-19)15-6-8-16(26-3)9-7-15/h6-9,11-13H,4-5,10H2,1-3H3/b19-13+. The molecule has 3 rings (SSSR count). The predicted molar refractivity (Wildman–Crippen MR) is 130 cm³/mol. The fourth-order valence-electron chi connectivity index (χ4n) is 2.85. The normalized spacial score (nSPS) is 15.1. The van der Waals surface area contributed by atoms with Gasteiger partial charge in [-0.2, -0.15) is 0 Å². The predicted octanol–water partition coefficient (Wildman–Crippen LogP) is 6.05. The van der Waals surface area contributed by atoms with Crippen LogP contribution in [0.4, 0.5) is 5.69 Å². The van der Waals surface area contributed by atoms with Gasteiger partial charge >= 0.3 is 0 Å². The number of hydrogen-bond acceptors (Lipinski definition) is 6. The molecule has 1 amide bonds. The van der Waals surface area contributed by atoms with Gasteiger partial charge in [0, 0.05) is 0 Å². The Morgan fingerprint density at radius 3 is 2.53 bits per heavy atom. The molecule has 2 aromatic rings. The highest BCUT2D eigenvalue weighted by atomic mass is 79.9. The van der Waals surface area contributed by atoms with Crippen LogP contribution in [0.5, 0.6) is 17.2 Å². The van der Waals surface area contributed by atoms with E-state index in [0.717, 1.165) is 22.2 Å². The Hall–Kier alpha value is -2.03. The number of benzene rings is 2. The summed E-state index contributed by atoms with van der Waals surface area (Å²) in [5.74, 6) is 1.87. The zero-order chi connectivity index (χ0) is 21.7. The molecule has 1 aliphatic rings. The van der Waals surface area contributed by atoms with Crippen molar-refractivity contribution in [1.82, 2.24) is 0 Å². The van der Waals surface area contributed by atoms with E-state index in [-0.39, 0.29) is 5.91 Å². The fourth-order valence-corrected chi connectivity index (χ4v) is 4.72. The Labute approximate surface area is 194 Å². The first-order chi connectivity index (χ1) is 14.5. The van der Waals surface area contributed by atoms with Crippen LogP contribution < -0.4 is 19.1 Å².